The van der Waals surface area contributed by atoms with Gasteiger partial charge >= 0.3 is 0 Å². The highest BCUT2D eigenvalue weighted by atomic mass is 16.5. The molecule has 0 radical (unpaired) electrons. The number of rotatable bonds is 7. The van der Waals surface area contributed by atoms with Crippen molar-refractivity contribution in [2.24, 2.45) is 17.8 Å². The Hall–Kier alpha value is -0.120. The molecule has 1 rings (SSSR count). The van der Waals surface area contributed by atoms with Gasteiger partial charge in [-0.1, -0.05) is 41.0 Å². The fourth-order valence-corrected chi connectivity index (χ4v) is 2.97. The quantitative estimate of drug-likeness (QED) is 0.748. The average Bonchev–Trinajstić information content (AvgIpc) is 2.33. The van der Waals surface area contributed by atoms with E-state index in [1.807, 2.05) is 0 Å². The van der Waals surface area contributed by atoms with Crippen LogP contribution in [0.3, 0.4) is 0 Å². The van der Waals surface area contributed by atoms with Gasteiger partial charge in [-0.15, -0.1) is 0 Å². The Balaban J connectivity index is 2.35. The van der Waals surface area contributed by atoms with Crippen LogP contribution in [0.2, 0.25) is 0 Å². The average molecular weight is 271 g/mol. The van der Waals surface area contributed by atoms with Crippen LogP contribution in [0.25, 0.3) is 0 Å². The number of ether oxygens (including phenoxy) is 1. The summed E-state index contributed by atoms with van der Waals surface area (Å²) in [5.41, 5.74) is 0. The van der Waals surface area contributed by atoms with Gasteiger partial charge in [0.05, 0.1) is 18.8 Å². The van der Waals surface area contributed by atoms with E-state index in [0.717, 1.165) is 12.3 Å². The van der Waals surface area contributed by atoms with E-state index in [4.69, 9.17) is 4.74 Å². The summed E-state index contributed by atoms with van der Waals surface area (Å²) in [4.78, 5) is 0. The minimum atomic E-state index is -0.396. The van der Waals surface area contributed by atoms with Crippen LogP contribution < -0.4 is 5.32 Å². The predicted octanol–water partition coefficient (Wildman–Crippen LogP) is 2.82. The second-order valence-corrected chi connectivity index (χ2v) is 6.91. The van der Waals surface area contributed by atoms with Crippen LogP contribution in [0.5, 0.6) is 0 Å². The second-order valence-electron chi connectivity index (χ2n) is 6.91. The summed E-state index contributed by atoms with van der Waals surface area (Å²) < 4.78 is 6.03. The van der Waals surface area contributed by atoms with E-state index in [9.17, 15) is 5.11 Å². The summed E-state index contributed by atoms with van der Waals surface area (Å²) in [7, 11) is 0. The Morgan fingerprint density at radius 2 is 1.89 bits per heavy atom. The maximum Gasteiger partial charge on any atom is 0.0897 e. The first kappa shape index (κ1) is 16.9. The Kier molecular flexibility index (Phi) is 7.33. The lowest BCUT2D eigenvalue weighted by molar-refractivity contribution is -0.0684. The molecular weight excluding hydrogens is 238 g/mol. The molecule has 19 heavy (non-hydrogen) atoms. The first-order valence-electron chi connectivity index (χ1n) is 7.93. The van der Waals surface area contributed by atoms with E-state index in [2.05, 4.69) is 39.9 Å². The number of aliphatic hydroxyl groups excluding tert-OH is 1. The zero-order valence-corrected chi connectivity index (χ0v) is 13.4. The van der Waals surface area contributed by atoms with E-state index in [1.165, 1.54) is 12.8 Å². The Morgan fingerprint density at radius 3 is 2.47 bits per heavy atom. The molecule has 0 aliphatic heterocycles. The summed E-state index contributed by atoms with van der Waals surface area (Å²) in [6.45, 7) is 12.1. The molecule has 1 fully saturated rings. The van der Waals surface area contributed by atoms with Gasteiger partial charge < -0.3 is 15.2 Å². The molecule has 1 aliphatic carbocycles. The van der Waals surface area contributed by atoms with Crippen LogP contribution in [-0.4, -0.2) is 36.5 Å². The number of hydrogen-bond donors (Lipinski definition) is 2. The van der Waals surface area contributed by atoms with Crippen LogP contribution >= 0.6 is 0 Å². The molecule has 0 heterocycles. The highest BCUT2D eigenvalue weighted by Crippen LogP contribution is 2.35. The van der Waals surface area contributed by atoms with Gasteiger partial charge in [-0.25, -0.2) is 0 Å². The minimum Gasteiger partial charge on any atom is -0.389 e. The SMILES string of the molecule is CC(C)NC[C@H](O)CO[C@H]1C[C@H](C)CC[C@@H]1C(C)C. The highest BCUT2D eigenvalue weighted by Gasteiger charge is 2.31. The molecule has 2 N–H and O–H groups in total. The van der Waals surface area contributed by atoms with E-state index < -0.39 is 6.10 Å². The Labute approximate surface area is 119 Å². The fourth-order valence-electron chi connectivity index (χ4n) is 2.97. The van der Waals surface area contributed by atoms with Gasteiger partial charge in [-0.3, -0.25) is 0 Å². The molecule has 0 spiro atoms. The third-order valence-corrected chi connectivity index (χ3v) is 4.23. The van der Waals surface area contributed by atoms with Gasteiger partial charge in [0.25, 0.3) is 0 Å². The maximum absolute atomic E-state index is 9.93. The summed E-state index contributed by atoms with van der Waals surface area (Å²) >= 11 is 0. The topological polar surface area (TPSA) is 41.5 Å². The lowest BCUT2D eigenvalue weighted by atomic mass is 9.75. The van der Waals surface area contributed by atoms with Crippen LogP contribution in [0.15, 0.2) is 0 Å². The van der Waals surface area contributed by atoms with Gasteiger partial charge in [-0.2, -0.15) is 0 Å². The summed E-state index contributed by atoms with van der Waals surface area (Å²) in [6, 6.07) is 0.410. The van der Waals surface area contributed by atoms with Crippen molar-refractivity contribution >= 4 is 0 Å². The summed E-state index contributed by atoms with van der Waals surface area (Å²) in [6.07, 6.45) is 3.67. The third kappa shape index (κ3) is 6.24. The van der Waals surface area contributed by atoms with Crippen molar-refractivity contribution < 1.29 is 9.84 Å². The van der Waals surface area contributed by atoms with Crippen molar-refractivity contribution in [2.45, 2.75) is 72.1 Å². The van der Waals surface area contributed by atoms with Crippen molar-refractivity contribution in [1.82, 2.24) is 5.32 Å². The summed E-state index contributed by atoms with van der Waals surface area (Å²) in [5.74, 6) is 2.08. The van der Waals surface area contributed by atoms with Gasteiger partial charge in [0, 0.05) is 12.6 Å². The largest absolute Gasteiger partial charge is 0.389 e. The van der Waals surface area contributed by atoms with Crippen LogP contribution in [0.4, 0.5) is 0 Å². The molecule has 0 aromatic carbocycles. The normalized spacial score (nSPS) is 30.0. The van der Waals surface area contributed by atoms with E-state index >= 15 is 0 Å². The van der Waals surface area contributed by atoms with Crippen molar-refractivity contribution in [2.75, 3.05) is 13.2 Å². The molecule has 1 aliphatic rings. The molecule has 0 aromatic heterocycles. The van der Waals surface area contributed by atoms with Crippen molar-refractivity contribution in [1.29, 1.82) is 0 Å². The van der Waals surface area contributed by atoms with Gasteiger partial charge in [0.1, 0.15) is 0 Å². The van der Waals surface area contributed by atoms with Crippen LogP contribution in [0.1, 0.15) is 53.9 Å². The number of hydrogen-bond acceptors (Lipinski definition) is 3. The maximum atomic E-state index is 9.93. The lowest BCUT2D eigenvalue weighted by Crippen LogP contribution is -2.39. The van der Waals surface area contributed by atoms with Crippen molar-refractivity contribution in [3.05, 3.63) is 0 Å². The van der Waals surface area contributed by atoms with E-state index in [0.29, 0.717) is 37.1 Å². The summed E-state index contributed by atoms with van der Waals surface area (Å²) in [5, 5.41) is 13.2. The zero-order chi connectivity index (χ0) is 14.4. The van der Waals surface area contributed by atoms with Crippen LogP contribution in [0, 0.1) is 17.8 Å². The Bertz CT molecular complexity index is 243. The zero-order valence-electron chi connectivity index (χ0n) is 13.4. The second kappa shape index (κ2) is 8.23. The van der Waals surface area contributed by atoms with Gasteiger partial charge in [0.15, 0.2) is 0 Å². The molecule has 0 aromatic rings. The standard InChI is InChI=1S/C16H33NO2/c1-11(2)15-7-6-13(5)8-16(15)19-10-14(18)9-17-12(3)4/h11-18H,6-10H2,1-5H3/t13-,14+,15-,16+/m1/s1. The molecule has 0 amide bonds. The molecule has 0 saturated heterocycles. The van der Waals surface area contributed by atoms with Gasteiger partial charge in [0.2, 0.25) is 0 Å². The van der Waals surface area contributed by atoms with E-state index in [-0.39, 0.29) is 0 Å². The molecule has 0 bridgehead atoms. The molecule has 3 nitrogen and oxygen atoms in total. The molecule has 3 heteroatoms. The monoisotopic (exact) mass is 271 g/mol. The highest BCUT2D eigenvalue weighted by molar-refractivity contribution is 4.81. The van der Waals surface area contributed by atoms with Crippen molar-refractivity contribution in [3.63, 3.8) is 0 Å². The Morgan fingerprint density at radius 1 is 1.21 bits per heavy atom. The molecular formula is C16H33NO2. The van der Waals surface area contributed by atoms with Crippen LogP contribution in [-0.2, 0) is 4.74 Å². The first-order chi connectivity index (χ1) is 8.90. The lowest BCUT2D eigenvalue weighted by Gasteiger charge is -2.37. The fraction of sp³-hybridized carbons (Fsp3) is 1.00. The smallest absolute Gasteiger partial charge is 0.0897 e. The number of aliphatic hydroxyl groups is 1. The predicted molar refractivity (Wildman–Crippen MR) is 80.2 cm³/mol. The molecule has 1 saturated carbocycles. The first-order valence-corrected chi connectivity index (χ1v) is 7.93. The molecule has 114 valence electrons. The third-order valence-electron chi connectivity index (χ3n) is 4.23. The van der Waals surface area contributed by atoms with Crippen molar-refractivity contribution in [3.8, 4) is 0 Å². The van der Waals surface area contributed by atoms with Gasteiger partial charge in [-0.05, 0) is 30.6 Å². The minimum absolute atomic E-state index is 0.331. The molecule has 0 unspecified atom stereocenters. The van der Waals surface area contributed by atoms with E-state index in [1.54, 1.807) is 0 Å². The molecule has 4 atom stereocenters. The number of nitrogens with one attached hydrogen (secondary N) is 1.